The van der Waals surface area contributed by atoms with Crippen LogP contribution in [0.3, 0.4) is 0 Å². The van der Waals surface area contributed by atoms with Gasteiger partial charge in [-0.2, -0.15) is 0 Å². The highest BCUT2D eigenvalue weighted by Gasteiger charge is 2.10. The number of aromatic nitrogens is 1. The van der Waals surface area contributed by atoms with Crippen molar-refractivity contribution in [1.29, 1.82) is 0 Å². The van der Waals surface area contributed by atoms with Crippen LogP contribution in [0.15, 0.2) is 18.3 Å². The monoisotopic (exact) mass is 207 g/mol. The van der Waals surface area contributed by atoms with Gasteiger partial charge in [-0.3, -0.25) is 4.79 Å². The van der Waals surface area contributed by atoms with Gasteiger partial charge in [0.15, 0.2) is 0 Å². The topological polar surface area (TPSA) is 68.0 Å². The number of hydrogen-bond donors (Lipinski definition) is 2. The predicted molar refractivity (Wildman–Crippen MR) is 60.4 cm³/mol. The lowest BCUT2D eigenvalue weighted by atomic mass is 10.1. The maximum Gasteiger partial charge on any atom is 0.255 e. The van der Waals surface area contributed by atoms with Crippen molar-refractivity contribution in [2.45, 2.75) is 20.3 Å². The molecule has 3 N–H and O–H groups in total. The number of carbonyl (C=O) groups is 1. The summed E-state index contributed by atoms with van der Waals surface area (Å²) in [5.41, 5.74) is 6.03. The molecule has 0 aromatic carbocycles. The molecule has 0 fully saturated rings. The van der Waals surface area contributed by atoms with Gasteiger partial charge in [0.05, 0.1) is 5.56 Å². The summed E-state index contributed by atoms with van der Waals surface area (Å²) in [6.45, 7) is 4.85. The Morgan fingerprint density at radius 2 is 2.40 bits per heavy atom. The van der Waals surface area contributed by atoms with E-state index < -0.39 is 0 Å². The minimum absolute atomic E-state index is 0.152. The van der Waals surface area contributed by atoms with Crippen molar-refractivity contribution in [3.8, 4) is 0 Å². The fraction of sp³-hybridized carbons (Fsp3) is 0.455. The van der Waals surface area contributed by atoms with Gasteiger partial charge in [0, 0.05) is 12.7 Å². The number of nitrogens with zero attached hydrogens (tertiary/aromatic N) is 1. The van der Waals surface area contributed by atoms with Crippen LogP contribution in [0.25, 0.3) is 0 Å². The van der Waals surface area contributed by atoms with E-state index in [0.29, 0.717) is 18.0 Å². The highest BCUT2D eigenvalue weighted by molar-refractivity contribution is 5.98. The number of pyridine rings is 1. The largest absolute Gasteiger partial charge is 0.383 e. The maximum absolute atomic E-state index is 11.7. The number of anilines is 1. The Morgan fingerprint density at radius 3 is 3.00 bits per heavy atom. The molecule has 0 saturated heterocycles. The Bertz CT molecular complexity index is 338. The minimum atomic E-state index is -0.152. The third-order valence-electron chi connectivity index (χ3n) is 2.39. The van der Waals surface area contributed by atoms with Gasteiger partial charge in [-0.25, -0.2) is 4.98 Å². The normalized spacial score (nSPS) is 12.1. The van der Waals surface area contributed by atoms with Crippen LogP contribution < -0.4 is 11.1 Å². The highest BCUT2D eigenvalue weighted by atomic mass is 16.1. The van der Waals surface area contributed by atoms with E-state index in [2.05, 4.69) is 24.1 Å². The van der Waals surface area contributed by atoms with Crippen LogP contribution in [0, 0.1) is 5.92 Å². The first kappa shape index (κ1) is 11.5. The van der Waals surface area contributed by atoms with Crippen molar-refractivity contribution >= 4 is 11.7 Å². The van der Waals surface area contributed by atoms with Crippen LogP contribution in [-0.2, 0) is 0 Å². The fourth-order valence-electron chi connectivity index (χ4n) is 1.12. The molecule has 0 saturated carbocycles. The second-order valence-electron chi connectivity index (χ2n) is 3.66. The summed E-state index contributed by atoms with van der Waals surface area (Å²) >= 11 is 0. The SMILES string of the molecule is CCC(C)CNC(=O)c1cccnc1N. The third-order valence-corrected chi connectivity index (χ3v) is 2.39. The smallest absolute Gasteiger partial charge is 0.255 e. The summed E-state index contributed by atoms with van der Waals surface area (Å²) in [5, 5.41) is 2.83. The fourth-order valence-corrected chi connectivity index (χ4v) is 1.12. The second kappa shape index (κ2) is 5.34. The number of nitrogens with two attached hydrogens (primary N) is 1. The molecule has 1 aromatic rings. The average Bonchev–Trinajstić information content (AvgIpc) is 2.26. The van der Waals surface area contributed by atoms with Gasteiger partial charge in [-0.05, 0) is 18.1 Å². The lowest BCUT2D eigenvalue weighted by molar-refractivity contribution is 0.0948. The summed E-state index contributed by atoms with van der Waals surface area (Å²) in [6.07, 6.45) is 2.61. The van der Waals surface area contributed by atoms with Gasteiger partial charge >= 0.3 is 0 Å². The minimum Gasteiger partial charge on any atom is -0.383 e. The van der Waals surface area contributed by atoms with E-state index in [1.165, 1.54) is 0 Å². The molecule has 1 amide bonds. The molecular formula is C11H17N3O. The lowest BCUT2D eigenvalue weighted by Crippen LogP contribution is -2.28. The highest BCUT2D eigenvalue weighted by Crippen LogP contribution is 2.06. The Kier molecular flexibility index (Phi) is 4.09. The van der Waals surface area contributed by atoms with E-state index in [9.17, 15) is 4.79 Å². The molecule has 0 spiro atoms. The third kappa shape index (κ3) is 3.23. The van der Waals surface area contributed by atoms with Crippen LogP contribution in [0.2, 0.25) is 0 Å². The first-order valence-electron chi connectivity index (χ1n) is 5.13. The molecule has 0 aliphatic carbocycles. The molecule has 15 heavy (non-hydrogen) atoms. The van der Waals surface area contributed by atoms with E-state index >= 15 is 0 Å². The van der Waals surface area contributed by atoms with Gasteiger partial charge in [0.1, 0.15) is 5.82 Å². The van der Waals surface area contributed by atoms with Gasteiger partial charge in [-0.1, -0.05) is 20.3 Å². The molecule has 1 atom stereocenters. The number of nitrogen functional groups attached to an aromatic ring is 1. The van der Waals surface area contributed by atoms with Crippen LogP contribution in [0.5, 0.6) is 0 Å². The van der Waals surface area contributed by atoms with E-state index in [1.54, 1.807) is 18.3 Å². The lowest BCUT2D eigenvalue weighted by Gasteiger charge is -2.10. The number of rotatable bonds is 4. The Labute approximate surface area is 89.9 Å². The van der Waals surface area contributed by atoms with Crippen LogP contribution in [0.1, 0.15) is 30.6 Å². The van der Waals surface area contributed by atoms with Crippen molar-refractivity contribution in [3.05, 3.63) is 23.9 Å². The molecule has 1 heterocycles. The van der Waals surface area contributed by atoms with E-state index in [4.69, 9.17) is 5.73 Å². The first-order chi connectivity index (χ1) is 7.15. The Morgan fingerprint density at radius 1 is 1.67 bits per heavy atom. The molecule has 0 bridgehead atoms. The summed E-state index contributed by atoms with van der Waals surface area (Å²) in [6, 6.07) is 3.38. The molecule has 4 nitrogen and oxygen atoms in total. The van der Waals surface area contributed by atoms with Crippen molar-refractivity contribution < 1.29 is 4.79 Å². The molecule has 0 aliphatic heterocycles. The van der Waals surface area contributed by atoms with Crippen LogP contribution in [-0.4, -0.2) is 17.4 Å². The maximum atomic E-state index is 11.7. The average molecular weight is 207 g/mol. The number of amides is 1. The van der Waals surface area contributed by atoms with Crippen molar-refractivity contribution in [1.82, 2.24) is 10.3 Å². The Balaban J connectivity index is 2.58. The summed E-state index contributed by atoms with van der Waals surface area (Å²) in [5.74, 6) is 0.604. The van der Waals surface area contributed by atoms with E-state index in [0.717, 1.165) is 6.42 Å². The quantitative estimate of drug-likeness (QED) is 0.785. The molecule has 4 heteroatoms. The Hall–Kier alpha value is -1.58. The molecule has 0 aliphatic rings. The molecule has 1 unspecified atom stereocenters. The number of hydrogen-bond acceptors (Lipinski definition) is 3. The zero-order chi connectivity index (χ0) is 11.3. The van der Waals surface area contributed by atoms with Gasteiger partial charge in [0.25, 0.3) is 5.91 Å². The molecular weight excluding hydrogens is 190 g/mol. The predicted octanol–water partition coefficient (Wildman–Crippen LogP) is 1.44. The zero-order valence-corrected chi connectivity index (χ0v) is 9.16. The van der Waals surface area contributed by atoms with Crippen LogP contribution in [0.4, 0.5) is 5.82 Å². The van der Waals surface area contributed by atoms with Gasteiger partial charge in [-0.15, -0.1) is 0 Å². The van der Waals surface area contributed by atoms with Crippen LogP contribution >= 0.6 is 0 Å². The van der Waals surface area contributed by atoms with Crippen molar-refractivity contribution in [2.75, 3.05) is 12.3 Å². The molecule has 0 radical (unpaired) electrons. The first-order valence-corrected chi connectivity index (χ1v) is 5.13. The van der Waals surface area contributed by atoms with Crippen molar-refractivity contribution in [3.63, 3.8) is 0 Å². The number of carbonyl (C=O) groups excluding carboxylic acids is 1. The standard InChI is InChI=1S/C11H17N3O/c1-3-8(2)7-14-11(15)9-5-4-6-13-10(9)12/h4-6,8H,3,7H2,1-2H3,(H2,12,13)(H,14,15). The van der Waals surface area contributed by atoms with Crippen molar-refractivity contribution in [2.24, 2.45) is 5.92 Å². The number of nitrogens with one attached hydrogen (secondary N) is 1. The van der Waals surface area contributed by atoms with Gasteiger partial charge in [0.2, 0.25) is 0 Å². The zero-order valence-electron chi connectivity index (χ0n) is 9.16. The molecule has 82 valence electrons. The van der Waals surface area contributed by atoms with E-state index in [-0.39, 0.29) is 11.7 Å². The molecule has 1 aromatic heterocycles. The van der Waals surface area contributed by atoms with Gasteiger partial charge < -0.3 is 11.1 Å². The summed E-state index contributed by atoms with van der Waals surface area (Å²) in [7, 11) is 0. The second-order valence-corrected chi connectivity index (χ2v) is 3.66. The van der Waals surface area contributed by atoms with E-state index in [1.807, 2.05) is 0 Å². The summed E-state index contributed by atoms with van der Waals surface area (Å²) < 4.78 is 0. The molecule has 1 rings (SSSR count). The summed E-state index contributed by atoms with van der Waals surface area (Å²) in [4.78, 5) is 15.5.